The van der Waals surface area contributed by atoms with Crippen molar-refractivity contribution < 1.29 is 0 Å². The minimum atomic E-state index is 0.659. The fourth-order valence-corrected chi connectivity index (χ4v) is 1.51. The molecule has 0 aliphatic heterocycles. The molecule has 1 aromatic heterocycles. The normalized spacial score (nSPS) is 12.1. The van der Waals surface area contributed by atoms with Crippen LogP contribution in [-0.2, 0) is 0 Å². The minimum Gasteiger partial charge on any atom is -0.386 e. The second kappa shape index (κ2) is 7.07. The van der Waals surface area contributed by atoms with E-state index in [4.69, 9.17) is 11.6 Å². The highest BCUT2D eigenvalue weighted by Crippen LogP contribution is 2.10. The highest BCUT2D eigenvalue weighted by atomic mass is 35.5. The van der Waals surface area contributed by atoms with Gasteiger partial charge in [0.1, 0.15) is 0 Å². The zero-order chi connectivity index (χ0) is 11.8. The van der Waals surface area contributed by atoms with Crippen molar-refractivity contribution in [2.45, 2.75) is 20.3 Å². The lowest BCUT2D eigenvalue weighted by atomic mass is 10.2. The first kappa shape index (κ1) is 12.8. The van der Waals surface area contributed by atoms with Crippen molar-refractivity contribution in [2.24, 2.45) is 0 Å². The van der Waals surface area contributed by atoms with Crippen LogP contribution in [-0.4, -0.2) is 11.5 Å². The quantitative estimate of drug-likeness (QED) is 0.790. The lowest BCUT2D eigenvalue weighted by Gasteiger charge is -2.03. The number of halogens is 1. The number of hydrogen-bond acceptors (Lipinski definition) is 2. The Kier molecular flexibility index (Phi) is 5.65. The molecule has 0 saturated heterocycles. The third-order valence-corrected chi connectivity index (χ3v) is 2.19. The number of allylic oxidation sites excluding steroid dienone is 2. The van der Waals surface area contributed by atoms with Crippen LogP contribution in [0.25, 0.3) is 6.08 Å². The molecule has 1 heterocycles. The molecule has 0 aliphatic carbocycles. The lowest BCUT2D eigenvalue weighted by molar-refractivity contribution is 0.871. The predicted molar refractivity (Wildman–Crippen MR) is 70.3 cm³/mol. The van der Waals surface area contributed by atoms with E-state index in [1.165, 1.54) is 0 Å². The van der Waals surface area contributed by atoms with Crippen molar-refractivity contribution in [2.75, 3.05) is 6.54 Å². The van der Waals surface area contributed by atoms with Gasteiger partial charge in [0.15, 0.2) is 0 Å². The van der Waals surface area contributed by atoms with Gasteiger partial charge >= 0.3 is 0 Å². The Bertz CT molecular complexity index is 383. The summed E-state index contributed by atoms with van der Waals surface area (Å²) in [6.45, 7) is 5.12. The van der Waals surface area contributed by atoms with E-state index in [2.05, 4.69) is 30.2 Å². The van der Waals surface area contributed by atoms with Gasteiger partial charge in [-0.2, -0.15) is 0 Å². The van der Waals surface area contributed by atoms with Gasteiger partial charge in [-0.15, -0.1) is 0 Å². The molecule has 86 valence electrons. The van der Waals surface area contributed by atoms with Gasteiger partial charge in [-0.1, -0.05) is 30.7 Å². The molecule has 0 unspecified atom stereocenters. The molecule has 1 rings (SSSR count). The van der Waals surface area contributed by atoms with Crippen LogP contribution in [0.4, 0.5) is 0 Å². The van der Waals surface area contributed by atoms with Crippen LogP contribution < -0.4 is 5.32 Å². The number of likely N-dealkylation sites (N-methyl/N-ethyl adjacent to an activating group) is 1. The third kappa shape index (κ3) is 4.49. The van der Waals surface area contributed by atoms with Crippen LogP contribution in [0.5, 0.6) is 0 Å². The topological polar surface area (TPSA) is 24.9 Å². The van der Waals surface area contributed by atoms with Gasteiger partial charge < -0.3 is 5.32 Å². The summed E-state index contributed by atoms with van der Waals surface area (Å²) < 4.78 is 0. The fourth-order valence-electron chi connectivity index (χ4n) is 1.33. The highest BCUT2D eigenvalue weighted by Gasteiger charge is 1.91. The second-order valence-corrected chi connectivity index (χ2v) is 3.80. The van der Waals surface area contributed by atoms with Crippen molar-refractivity contribution in [3.63, 3.8) is 0 Å². The summed E-state index contributed by atoms with van der Waals surface area (Å²) >= 11 is 5.86. The van der Waals surface area contributed by atoms with Crippen molar-refractivity contribution in [3.05, 3.63) is 46.9 Å². The molecule has 0 atom stereocenters. The third-order valence-electron chi connectivity index (χ3n) is 1.99. The summed E-state index contributed by atoms with van der Waals surface area (Å²) in [5.74, 6) is 0. The fraction of sp³-hybridized carbons (Fsp3) is 0.308. The van der Waals surface area contributed by atoms with E-state index >= 15 is 0 Å². The molecule has 0 spiro atoms. The Balaban J connectivity index is 2.74. The smallest absolute Gasteiger partial charge is 0.0595 e. The van der Waals surface area contributed by atoms with Gasteiger partial charge in [0, 0.05) is 24.6 Å². The van der Waals surface area contributed by atoms with Gasteiger partial charge in [-0.25, -0.2) is 0 Å². The van der Waals surface area contributed by atoms with E-state index in [1.54, 1.807) is 12.4 Å². The molecular weight excluding hydrogens is 220 g/mol. The van der Waals surface area contributed by atoms with Gasteiger partial charge in [-0.3, -0.25) is 4.98 Å². The van der Waals surface area contributed by atoms with Crippen LogP contribution >= 0.6 is 11.6 Å². The minimum absolute atomic E-state index is 0.659. The van der Waals surface area contributed by atoms with Crippen LogP contribution in [0.1, 0.15) is 25.8 Å². The van der Waals surface area contributed by atoms with Gasteiger partial charge in [-0.05, 0) is 31.1 Å². The maximum atomic E-state index is 5.86. The molecule has 0 aromatic carbocycles. The van der Waals surface area contributed by atoms with Crippen LogP contribution in [0, 0.1) is 0 Å². The molecule has 16 heavy (non-hydrogen) atoms. The Morgan fingerprint density at radius 3 is 2.88 bits per heavy atom. The van der Waals surface area contributed by atoms with E-state index in [1.807, 2.05) is 18.2 Å². The number of pyridine rings is 1. The number of nitrogens with one attached hydrogen (secondary N) is 1. The lowest BCUT2D eigenvalue weighted by Crippen LogP contribution is -2.09. The summed E-state index contributed by atoms with van der Waals surface area (Å²) in [6.07, 6.45) is 10.6. The molecule has 1 aromatic rings. The van der Waals surface area contributed by atoms with Crippen molar-refractivity contribution in [1.29, 1.82) is 0 Å². The zero-order valence-corrected chi connectivity index (χ0v) is 10.5. The molecule has 0 fully saturated rings. The number of aromatic nitrogens is 1. The molecule has 1 N–H and O–H groups in total. The van der Waals surface area contributed by atoms with Gasteiger partial charge in [0.05, 0.1) is 5.02 Å². The molecule has 0 aliphatic rings. The van der Waals surface area contributed by atoms with Crippen LogP contribution in [0.3, 0.4) is 0 Å². The van der Waals surface area contributed by atoms with Crippen molar-refractivity contribution in [3.8, 4) is 0 Å². The Morgan fingerprint density at radius 2 is 2.25 bits per heavy atom. The predicted octanol–water partition coefficient (Wildman–Crippen LogP) is 3.65. The summed E-state index contributed by atoms with van der Waals surface area (Å²) in [4.78, 5) is 4.03. The highest BCUT2D eigenvalue weighted by molar-refractivity contribution is 6.30. The summed E-state index contributed by atoms with van der Waals surface area (Å²) in [5, 5.41) is 3.95. The van der Waals surface area contributed by atoms with Gasteiger partial charge in [0.2, 0.25) is 0 Å². The number of nitrogens with zero attached hydrogens (tertiary/aromatic N) is 1. The Morgan fingerprint density at radius 1 is 1.44 bits per heavy atom. The molecule has 0 bridgehead atoms. The first-order valence-electron chi connectivity index (χ1n) is 5.49. The SMILES string of the molecule is CC/C=C(\C=C\c1cncc(Cl)c1)NCC. The largest absolute Gasteiger partial charge is 0.386 e. The van der Waals surface area contributed by atoms with E-state index in [-0.39, 0.29) is 0 Å². The molecule has 3 heteroatoms. The average molecular weight is 237 g/mol. The molecule has 0 saturated carbocycles. The number of hydrogen-bond donors (Lipinski definition) is 1. The zero-order valence-electron chi connectivity index (χ0n) is 9.70. The first-order chi connectivity index (χ1) is 7.76. The summed E-state index contributed by atoms with van der Waals surface area (Å²) in [6, 6.07) is 1.89. The Hall–Kier alpha value is -1.28. The van der Waals surface area contributed by atoms with E-state index in [0.717, 1.165) is 24.2 Å². The maximum absolute atomic E-state index is 5.86. The molecule has 0 radical (unpaired) electrons. The van der Waals surface area contributed by atoms with Gasteiger partial charge in [0.25, 0.3) is 0 Å². The second-order valence-electron chi connectivity index (χ2n) is 3.37. The standard InChI is InChI=1S/C13H17ClN2/c1-3-5-13(16-4-2)7-6-11-8-12(14)10-15-9-11/h5-10,16H,3-4H2,1-2H3/b7-6+,13-5+. The van der Waals surface area contributed by atoms with Crippen LogP contribution in [0.2, 0.25) is 5.02 Å². The molecule has 0 amide bonds. The molecule has 2 nitrogen and oxygen atoms in total. The first-order valence-corrected chi connectivity index (χ1v) is 5.86. The van der Waals surface area contributed by atoms with E-state index < -0.39 is 0 Å². The average Bonchev–Trinajstić information content (AvgIpc) is 2.27. The summed E-state index contributed by atoms with van der Waals surface area (Å²) in [7, 11) is 0. The van der Waals surface area contributed by atoms with E-state index in [9.17, 15) is 0 Å². The van der Waals surface area contributed by atoms with Crippen molar-refractivity contribution in [1.82, 2.24) is 10.3 Å². The Labute approximate surface area is 102 Å². The van der Waals surface area contributed by atoms with Crippen molar-refractivity contribution >= 4 is 17.7 Å². The monoisotopic (exact) mass is 236 g/mol. The summed E-state index contributed by atoms with van der Waals surface area (Å²) in [5.41, 5.74) is 2.14. The maximum Gasteiger partial charge on any atom is 0.0595 e. The van der Waals surface area contributed by atoms with E-state index in [0.29, 0.717) is 5.02 Å². The van der Waals surface area contributed by atoms with Crippen LogP contribution in [0.15, 0.2) is 36.3 Å². The number of rotatable bonds is 5. The molecular formula is C13H17ClN2.